The molecule has 85 valence electrons. The molecule has 1 nitrogen and oxygen atoms in total. The number of hydrogen-bond acceptors (Lipinski definition) is 1. The Labute approximate surface area is 89.9 Å². The van der Waals surface area contributed by atoms with Crippen LogP contribution in [0.4, 0.5) is 0 Å². The standard InChI is InChI=1S/C13H27O/c1-3-4-5-6-7-8-9-10-11-12-13(2)14/h14H,3-12H2,1-2H3. The Balaban J connectivity index is 2.85. The van der Waals surface area contributed by atoms with Crippen molar-refractivity contribution < 1.29 is 5.11 Å². The van der Waals surface area contributed by atoms with Gasteiger partial charge in [0.2, 0.25) is 0 Å². The number of aliphatic hydroxyl groups excluding tert-OH is 1. The highest BCUT2D eigenvalue weighted by Gasteiger charge is 1.96. The normalized spacial score (nSPS) is 11.1. The molecule has 0 aliphatic rings. The van der Waals surface area contributed by atoms with Gasteiger partial charge in [0.1, 0.15) is 0 Å². The van der Waals surface area contributed by atoms with Gasteiger partial charge in [-0.25, -0.2) is 0 Å². The lowest BCUT2D eigenvalue weighted by Gasteiger charge is -2.03. The van der Waals surface area contributed by atoms with Gasteiger partial charge in [0, 0.05) is 0 Å². The molecule has 0 saturated carbocycles. The van der Waals surface area contributed by atoms with Gasteiger partial charge >= 0.3 is 0 Å². The zero-order valence-corrected chi connectivity index (χ0v) is 10.0. The van der Waals surface area contributed by atoms with Gasteiger partial charge in [-0.1, -0.05) is 64.7 Å². The summed E-state index contributed by atoms with van der Waals surface area (Å²) in [4.78, 5) is 0. The van der Waals surface area contributed by atoms with Crippen LogP contribution in [-0.2, 0) is 0 Å². The van der Waals surface area contributed by atoms with Gasteiger partial charge in [-0.2, -0.15) is 0 Å². The van der Waals surface area contributed by atoms with Crippen LogP contribution in [0.1, 0.15) is 78.1 Å². The molecule has 0 atom stereocenters. The van der Waals surface area contributed by atoms with Crippen molar-refractivity contribution in [2.75, 3.05) is 0 Å². The quantitative estimate of drug-likeness (QED) is 0.499. The van der Waals surface area contributed by atoms with Crippen LogP contribution in [0.2, 0.25) is 0 Å². The molecule has 0 rings (SSSR count). The zero-order chi connectivity index (χ0) is 10.6. The first kappa shape index (κ1) is 14.0. The lowest BCUT2D eigenvalue weighted by Crippen LogP contribution is -1.88. The van der Waals surface area contributed by atoms with E-state index in [9.17, 15) is 0 Å². The van der Waals surface area contributed by atoms with E-state index < -0.39 is 0 Å². The van der Waals surface area contributed by atoms with Crippen molar-refractivity contribution in [3.05, 3.63) is 6.10 Å². The van der Waals surface area contributed by atoms with E-state index in [4.69, 9.17) is 5.11 Å². The van der Waals surface area contributed by atoms with Crippen LogP contribution in [-0.4, -0.2) is 5.11 Å². The molecule has 0 aliphatic carbocycles. The maximum Gasteiger partial charge on any atom is 0.0902 e. The van der Waals surface area contributed by atoms with E-state index in [1.165, 1.54) is 51.4 Å². The summed E-state index contributed by atoms with van der Waals surface area (Å²) in [7, 11) is 0. The summed E-state index contributed by atoms with van der Waals surface area (Å²) in [5, 5.41) is 8.97. The Hall–Kier alpha value is -0.0400. The molecule has 1 N–H and O–H groups in total. The molecule has 0 bridgehead atoms. The molecule has 14 heavy (non-hydrogen) atoms. The maximum atomic E-state index is 8.97. The smallest absolute Gasteiger partial charge is 0.0902 e. The van der Waals surface area contributed by atoms with Crippen molar-refractivity contribution >= 4 is 0 Å². The van der Waals surface area contributed by atoms with Crippen molar-refractivity contribution in [3.8, 4) is 0 Å². The molecule has 0 aromatic heterocycles. The summed E-state index contributed by atoms with van der Waals surface area (Å²) in [6.45, 7) is 4.05. The fourth-order valence-corrected chi connectivity index (χ4v) is 1.69. The third kappa shape index (κ3) is 12.0. The molecule has 0 aromatic carbocycles. The average Bonchev–Trinajstić information content (AvgIpc) is 2.15. The van der Waals surface area contributed by atoms with Crippen LogP contribution in [0.5, 0.6) is 0 Å². The van der Waals surface area contributed by atoms with E-state index >= 15 is 0 Å². The molecule has 0 spiro atoms. The van der Waals surface area contributed by atoms with E-state index in [1.54, 1.807) is 6.92 Å². The summed E-state index contributed by atoms with van der Waals surface area (Å²) < 4.78 is 0. The third-order valence-electron chi connectivity index (χ3n) is 2.64. The highest BCUT2D eigenvalue weighted by molar-refractivity contribution is 4.66. The Morgan fingerprint density at radius 2 is 1.21 bits per heavy atom. The minimum Gasteiger partial charge on any atom is -0.387 e. The average molecular weight is 199 g/mol. The summed E-state index contributed by atoms with van der Waals surface area (Å²) in [5.74, 6) is 0. The summed E-state index contributed by atoms with van der Waals surface area (Å²) in [6, 6.07) is 0. The van der Waals surface area contributed by atoms with Crippen LogP contribution in [0.25, 0.3) is 0 Å². The van der Waals surface area contributed by atoms with Gasteiger partial charge in [0.05, 0.1) is 6.10 Å². The molecule has 0 unspecified atom stereocenters. The second kappa shape index (κ2) is 11.0. The molecule has 0 heterocycles. The van der Waals surface area contributed by atoms with Crippen molar-refractivity contribution in [1.29, 1.82) is 0 Å². The highest BCUT2D eigenvalue weighted by atomic mass is 16.3. The monoisotopic (exact) mass is 199 g/mol. The summed E-state index contributed by atoms with van der Waals surface area (Å²) in [6.07, 6.45) is 13.6. The minimum absolute atomic E-state index is 0.591. The predicted octanol–water partition coefficient (Wildman–Crippen LogP) is 4.83. The number of unbranched alkanes of at least 4 members (excludes halogenated alkanes) is 8. The van der Waals surface area contributed by atoms with Gasteiger partial charge in [-0.05, 0) is 13.3 Å². The maximum absolute atomic E-state index is 8.97. The Bertz CT molecular complexity index is 99.4. The van der Waals surface area contributed by atoms with Crippen LogP contribution >= 0.6 is 0 Å². The van der Waals surface area contributed by atoms with Crippen molar-refractivity contribution in [3.63, 3.8) is 0 Å². The molecule has 1 heteroatoms. The van der Waals surface area contributed by atoms with E-state index in [1.807, 2.05) is 0 Å². The van der Waals surface area contributed by atoms with Crippen LogP contribution in [0, 0.1) is 6.10 Å². The number of aliphatic hydroxyl groups is 1. The van der Waals surface area contributed by atoms with E-state index in [0.717, 1.165) is 12.8 Å². The van der Waals surface area contributed by atoms with Gasteiger partial charge < -0.3 is 5.11 Å². The Kier molecular flexibility index (Phi) is 11.0. The molecule has 0 aliphatic heterocycles. The van der Waals surface area contributed by atoms with E-state index in [0.29, 0.717) is 6.10 Å². The van der Waals surface area contributed by atoms with Gasteiger partial charge in [0.25, 0.3) is 0 Å². The lowest BCUT2D eigenvalue weighted by molar-refractivity contribution is 0.290. The second-order valence-electron chi connectivity index (χ2n) is 4.31. The molecule has 0 fully saturated rings. The summed E-state index contributed by atoms with van der Waals surface area (Å²) >= 11 is 0. The van der Waals surface area contributed by atoms with Crippen LogP contribution in [0.15, 0.2) is 0 Å². The van der Waals surface area contributed by atoms with Crippen molar-refractivity contribution in [2.45, 2.75) is 78.1 Å². The first-order chi connectivity index (χ1) is 6.77. The van der Waals surface area contributed by atoms with Crippen LogP contribution in [0.3, 0.4) is 0 Å². The molecule has 0 saturated heterocycles. The van der Waals surface area contributed by atoms with Crippen molar-refractivity contribution in [1.82, 2.24) is 0 Å². The third-order valence-corrected chi connectivity index (χ3v) is 2.64. The first-order valence-electron chi connectivity index (χ1n) is 6.28. The predicted molar refractivity (Wildman–Crippen MR) is 62.7 cm³/mol. The largest absolute Gasteiger partial charge is 0.387 e. The van der Waals surface area contributed by atoms with Gasteiger partial charge in [0.15, 0.2) is 0 Å². The van der Waals surface area contributed by atoms with Gasteiger partial charge in [-0.3, -0.25) is 0 Å². The van der Waals surface area contributed by atoms with Crippen molar-refractivity contribution in [2.24, 2.45) is 0 Å². The molecular formula is C13H27O. The molecule has 1 radical (unpaired) electrons. The summed E-state index contributed by atoms with van der Waals surface area (Å²) in [5.41, 5.74) is 0. The number of hydrogen-bond donors (Lipinski definition) is 1. The van der Waals surface area contributed by atoms with E-state index in [-0.39, 0.29) is 0 Å². The fourth-order valence-electron chi connectivity index (χ4n) is 1.69. The first-order valence-corrected chi connectivity index (χ1v) is 6.28. The highest BCUT2D eigenvalue weighted by Crippen LogP contribution is 2.12. The molecule has 0 aromatic rings. The minimum atomic E-state index is 0.591. The fraction of sp³-hybridized carbons (Fsp3) is 0.923. The van der Waals surface area contributed by atoms with E-state index in [2.05, 4.69) is 6.92 Å². The Morgan fingerprint density at radius 3 is 1.64 bits per heavy atom. The SMILES string of the molecule is CCCCCCCCCCC[C](C)O. The Morgan fingerprint density at radius 1 is 0.786 bits per heavy atom. The topological polar surface area (TPSA) is 20.2 Å². The van der Waals surface area contributed by atoms with Gasteiger partial charge in [-0.15, -0.1) is 0 Å². The lowest BCUT2D eigenvalue weighted by atomic mass is 10.1. The second-order valence-corrected chi connectivity index (χ2v) is 4.31. The zero-order valence-electron chi connectivity index (χ0n) is 10.0. The number of rotatable bonds is 10. The van der Waals surface area contributed by atoms with Crippen LogP contribution < -0.4 is 0 Å². The molecular weight excluding hydrogens is 172 g/mol. The molecule has 0 amide bonds.